The van der Waals surface area contributed by atoms with Crippen molar-refractivity contribution in [3.8, 4) is 0 Å². The Morgan fingerprint density at radius 3 is 3.00 bits per heavy atom. The molecule has 2 rings (SSSR count). The fourth-order valence-electron chi connectivity index (χ4n) is 1.30. The molecule has 2 heteroatoms. The van der Waals surface area contributed by atoms with Crippen LogP contribution in [0.4, 0.5) is 5.69 Å². The SMILES string of the molecule is CC1C=Nc2c(Cl)cccc21. The van der Waals surface area contributed by atoms with Crippen molar-refractivity contribution in [1.29, 1.82) is 0 Å². The molecule has 0 fully saturated rings. The summed E-state index contributed by atoms with van der Waals surface area (Å²) in [4.78, 5) is 4.22. The predicted octanol–water partition coefficient (Wildman–Crippen LogP) is 3.16. The highest BCUT2D eigenvalue weighted by Gasteiger charge is 2.15. The second-order valence-corrected chi connectivity index (χ2v) is 3.15. The molecule has 1 aromatic carbocycles. The third-order valence-corrected chi connectivity index (χ3v) is 2.24. The van der Waals surface area contributed by atoms with Gasteiger partial charge in [0.25, 0.3) is 0 Å². The maximum atomic E-state index is 5.92. The molecule has 0 aromatic heterocycles. The van der Waals surface area contributed by atoms with E-state index in [9.17, 15) is 0 Å². The van der Waals surface area contributed by atoms with Gasteiger partial charge in [0.15, 0.2) is 0 Å². The lowest BCUT2D eigenvalue weighted by atomic mass is 10.0. The van der Waals surface area contributed by atoms with Crippen LogP contribution in [-0.4, -0.2) is 6.21 Å². The standard InChI is InChI=1S/C9H8ClN/c1-6-5-11-9-7(6)3-2-4-8(9)10/h2-6H,1H3. The zero-order valence-corrected chi connectivity index (χ0v) is 6.97. The molecule has 1 unspecified atom stereocenters. The van der Waals surface area contributed by atoms with E-state index in [-0.39, 0.29) is 0 Å². The summed E-state index contributed by atoms with van der Waals surface area (Å²) >= 11 is 5.92. The Kier molecular flexibility index (Phi) is 1.46. The third-order valence-electron chi connectivity index (χ3n) is 1.94. The van der Waals surface area contributed by atoms with Gasteiger partial charge in [-0.3, -0.25) is 4.99 Å². The Morgan fingerprint density at radius 1 is 1.45 bits per heavy atom. The van der Waals surface area contributed by atoms with Crippen LogP contribution in [0.1, 0.15) is 18.4 Å². The van der Waals surface area contributed by atoms with E-state index in [1.54, 1.807) is 0 Å². The fraction of sp³-hybridized carbons (Fsp3) is 0.222. The predicted molar refractivity (Wildman–Crippen MR) is 48.0 cm³/mol. The molecule has 0 radical (unpaired) electrons. The van der Waals surface area contributed by atoms with E-state index >= 15 is 0 Å². The molecule has 0 aliphatic carbocycles. The van der Waals surface area contributed by atoms with Crippen LogP contribution in [0.25, 0.3) is 0 Å². The second kappa shape index (κ2) is 2.35. The highest BCUT2D eigenvalue weighted by Crippen LogP contribution is 2.37. The van der Waals surface area contributed by atoms with Crippen LogP contribution in [0, 0.1) is 0 Å². The number of rotatable bonds is 0. The maximum Gasteiger partial charge on any atom is 0.0850 e. The quantitative estimate of drug-likeness (QED) is 0.560. The molecule has 1 nitrogen and oxygen atoms in total. The number of halogens is 1. The summed E-state index contributed by atoms with van der Waals surface area (Å²) in [5.74, 6) is 0.420. The molecule has 0 spiro atoms. The molecular weight excluding hydrogens is 158 g/mol. The Labute approximate surface area is 70.7 Å². The van der Waals surface area contributed by atoms with Crippen molar-refractivity contribution in [3.05, 3.63) is 28.8 Å². The van der Waals surface area contributed by atoms with E-state index in [2.05, 4.69) is 18.0 Å². The Hall–Kier alpha value is -0.820. The van der Waals surface area contributed by atoms with Crippen LogP contribution in [0.2, 0.25) is 5.02 Å². The molecule has 1 aliphatic rings. The first-order chi connectivity index (χ1) is 5.29. The van der Waals surface area contributed by atoms with Gasteiger partial charge in [0.05, 0.1) is 10.7 Å². The van der Waals surface area contributed by atoms with Gasteiger partial charge in [-0.25, -0.2) is 0 Å². The summed E-state index contributed by atoms with van der Waals surface area (Å²) in [5.41, 5.74) is 2.18. The van der Waals surface area contributed by atoms with Gasteiger partial charge in [-0.1, -0.05) is 30.7 Å². The molecule has 0 saturated heterocycles. The first-order valence-corrected chi connectivity index (χ1v) is 3.99. The number of nitrogens with zero attached hydrogens (tertiary/aromatic N) is 1. The molecular formula is C9H8ClN. The van der Waals surface area contributed by atoms with Gasteiger partial charge in [-0.05, 0) is 11.6 Å². The van der Waals surface area contributed by atoms with E-state index in [1.807, 2.05) is 18.3 Å². The largest absolute Gasteiger partial charge is 0.259 e. The minimum Gasteiger partial charge on any atom is -0.259 e. The van der Waals surface area contributed by atoms with Crippen molar-refractivity contribution in [2.24, 2.45) is 4.99 Å². The lowest BCUT2D eigenvalue weighted by molar-refractivity contribution is 1.08. The minimum atomic E-state index is 0.420. The first kappa shape index (κ1) is 6.86. The Morgan fingerprint density at radius 2 is 2.27 bits per heavy atom. The summed E-state index contributed by atoms with van der Waals surface area (Å²) in [7, 11) is 0. The summed E-state index contributed by atoms with van der Waals surface area (Å²) in [6, 6.07) is 5.90. The number of fused-ring (bicyclic) bond motifs is 1. The van der Waals surface area contributed by atoms with Gasteiger partial charge in [0, 0.05) is 12.1 Å². The van der Waals surface area contributed by atoms with E-state index in [0.717, 1.165) is 10.7 Å². The van der Waals surface area contributed by atoms with Gasteiger partial charge in [-0.15, -0.1) is 0 Å². The molecule has 1 atom stereocenters. The zero-order chi connectivity index (χ0) is 7.84. The summed E-state index contributed by atoms with van der Waals surface area (Å²) < 4.78 is 0. The van der Waals surface area contributed by atoms with Crippen LogP contribution in [0.15, 0.2) is 23.2 Å². The minimum absolute atomic E-state index is 0.420. The second-order valence-electron chi connectivity index (χ2n) is 2.74. The van der Waals surface area contributed by atoms with E-state index < -0.39 is 0 Å². The van der Waals surface area contributed by atoms with Crippen LogP contribution in [0.3, 0.4) is 0 Å². The molecule has 0 saturated carbocycles. The molecule has 56 valence electrons. The molecule has 0 bridgehead atoms. The lowest BCUT2D eigenvalue weighted by Gasteiger charge is -2.01. The molecule has 1 aromatic rings. The Balaban J connectivity index is 2.65. The van der Waals surface area contributed by atoms with E-state index in [0.29, 0.717) is 5.92 Å². The number of hydrogen-bond donors (Lipinski definition) is 0. The van der Waals surface area contributed by atoms with Gasteiger partial charge < -0.3 is 0 Å². The number of benzene rings is 1. The molecule has 1 aliphatic heterocycles. The average Bonchev–Trinajstić information content (AvgIpc) is 2.35. The van der Waals surface area contributed by atoms with Crippen molar-refractivity contribution in [2.75, 3.05) is 0 Å². The Bertz CT molecular complexity index is 317. The first-order valence-electron chi connectivity index (χ1n) is 3.61. The highest BCUT2D eigenvalue weighted by molar-refractivity contribution is 6.33. The molecule has 1 heterocycles. The number of aliphatic imine (C=N–C) groups is 1. The zero-order valence-electron chi connectivity index (χ0n) is 6.21. The topological polar surface area (TPSA) is 12.4 Å². The monoisotopic (exact) mass is 165 g/mol. The van der Waals surface area contributed by atoms with Gasteiger partial charge >= 0.3 is 0 Å². The summed E-state index contributed by atoms with van der Waals surface area (Å²) in [5, 5.41) is 0.753. The van der Waals surface area contributed by atoms with E-state index in [1.165, 1.54) is 5.56 Å². The van der Waals surface area contributed by atoms with Crippen molar-refractivity contribution >= 4 is 23.5 Å². The van der Waals surface area contributed by atoms with Crippen LogP contribution in [0.5, 0.6) is 0 Å². The number of para-hydroxylation sites is 1. The molecule has 0 amide bonds. The lowest BCUT2D eigenvalue weighted by Crippen LogP contribution is -1.86. The van der Waals surface area contributed by atoms with Gasteiger partial charge in [0.2, 0.25) is 0 Å². The third kappa shape index (κ3) is 0.962. The van der Waals surface area contributed by atoms with E-state index in [4.69, 9.17) is 11.6 Å². The summed E-state index contributed by atoms with van der Waals surface area (Å²) in [6.07, 6.45) is 1.93. The van der Waals surface area contributed by atoms with Gasteiger partial charge in [0.1, 0.15) is 0 Å². The molecule has 11 heavy (non-hydrogen) atoms. The fourth-order valence-corrected chi connectivity index (χ4v) is 1.53. The normalized spacial score (nSPS) is 20.4. The highest BCUT2D eigenvalue weighted by atomic mass is 35.5. The van der Waals surface area contributed by atoms with Crippen LogP contribution in [-0.2, 0) is 0 Å². The van der Waals surface area contributed by atoms with Crippen molar-refractivity contribution < 1.29 is 0 Å². The molecule has 0 N–H and O–H groups in total. The van der Waals surface area contributed by atoms with Crippen LogP contribution >= 0.6 is 11.6 Å². The number of hydrogen-bond acceptors (Lipinski definition) is 1. The van der Waals surface area contributed by atoms with Crippen molar-refractivity contribution in [3.63, 3.8) is 0 Å². The van der Waals surface area contributed by atoms with Crippen molar-refractivity contribution in [2.45, 2.75) is 12.8 Å². The summed E-state index contributed by atoms with van der Waals surface area (Å²) in [6.45, 7) is 2.12. The van der Waals surface area contributed by atoms with Crippen LogP contribution < -0.4 is 0 Å². The maximum absolute atomic E-state index is 5.92. The van der Waals surface area contributed by atoms with Gasteiger partial charge in [-0.2, -0.15) is 0 Å². The van der Waals surface area contributed by atoms with Crippen molar-refractivity contribution in [1.82, 2.24) is 0 Å². The smallest absolute Gasteiger partial charge is 0.0850 e. The average molecular weight is 166 g/mol.